The molecule has 0 amide bonds. The van der Waals surface area contributed by atoms with Crippen LogP contribution in [0.15, 0.2) is 22.7 Å². The van der Waals surface area contributed by atoms with Crippen molar-refractivity contribution in [2.75, 3.05) is 19.7 Å². The largest absolute Gasteiger partial charge is 0.396 e. The monoisotopic (exact) mass is 334 g/mol. The first-order valence-electron chi connectivity index (χ1n) is 6.18. The van der Waals surface area contributed by atoms with E-state index in [2.05, 4.69) is 21.2 Å². The molecule has 1 aromatic rings. The first-order valence-corrected chi connectivity index (χ1v) is 7.35. The Bertz CT molecular complexity index is 363. The lowest BCUT2D eigenvalue weighted by molar-refractivity contribution is 0.282. The van der Waals surface area contributed by atoms with Crippen LogP contribution in [0, 0.1) is 0 Å². The molecule has 0 aromatic heterocycles. The molecule has 1 rings (SSSR count). The van der Waals surface area contributed by atoms with Gasteiger partial charge in [0.25, 0.3) is 0 Å². The van der Waals surface area contributed by atoms with E-state index in [-0.39, 0.29) is 12.6 Å². The fourth-order valence-electron chi connectivity index (χ4n) is 1.79. The molecule has 0 radical (unpaired) electrons. The predicted octanol–water partition coefficient (Wildman–Crippen LogP) is 2.85. The molecule has 0 aliphatic heterocycles. The predicted molar refractivity (Wildman–Crippen MR) is 79.9 cm³/mol. The Hall–Kier alpha value is -0.130. The maximum absolute atomic E-state index is 8.70. The summed E-state index contributed by atoms with van der Waals surface area (Å²) in [7, 11) is 0. The zero-order chi connectivity index (χ0) is 13.4. The van der Waals surface area contributed by atoms with Gasteiger partial charge in [-0.25, -0.2) is 0 Å². The molecule has 18 heavy (non-hydrogen) atoms. The molecule has 0 saturated heterocycles. The summed E-state index contributed by atoms with van der Waals surface area (Å²) in [6.45, 7) is 1.68. The summed E-state index contributed by atoms with van der Waals surface area (Å²) in [4.78, 5) is 0. The molecule has 0 aliphatic carbocycles. The van der Waals surface area contributed by atoms with Crippen molar-refractivity contribution in [2.24, 2.45) is 5.73 Å². The molecule has 0 aliphatic rings. The minimum atomic E-state index is 0.104. The topological polar surface area (TPSA) is 58.3 Å². The summed E-state index contributed by atoms with van der Waals surface area (Å²) >= 11 is 9.52. The first-order chi connectivity index (χ1) is 8.69. The Morgan fingerprint density at radius 3 is 2.78 bits per heavy atom. The van der Waals surface area contributed by atoms with Crippen LogP contribution in [0.4, 0.5) is 0 Å². The minimum Gasteiger partial charge on any atom is -0.396 e. The van der Waals surface area contributed by atoms with Crippen molar-refractivity contribution in [1.82, 2.24) is 5.32 Å². The normalized spacial score (nSPS) is 12.7. The van der Waals surface area contributed by atoms with E-state index in [1.54, 1.807) is 0 Å². The van der Waals surface area contributed by atoms with E-state index in [0.29, 0.717) is 11.6 Å². The van der Waals surface area contributed by atoms with Gasteiger partial charge in [0, 0.05) is 28.7 Å². The Morgan fingerprint density at radius 2 is 2.11 bits per heavy atom. The van der Waals surface area contributed by atoms with Gasteiger partial charge < -0.3 is 16.2 Å². The van der Waals surface area contributed by atoms with Crippen molar-refractivity contribution in [2.45, 2.75) is 25.3 Å². The summed E-state index contributed by atoms with van der Waals surface area (Å²) < 4.78 is 1.02. The summed E-state index contributed by atoms with van der Waals surface area (Å²) in [5, 5.41) is 12.8. The molecular formula is C13H20BrClN2O. The Morgan fingerprint density at radius 1 is 1.33 bits per heavy atom. The van der Waals surface area contributed by atoms with Gasteiger partial charge in [0.05, 0.1) is 0 Å². The number of halogens is 2. The van der Waals surface area contributed by atoms with Crippen molar-refractivity contribution in [3.05, 3.63) is 33.3 Å². The molecule has 1 aromatic carbocycles. The van der Waals surface area contributed by atoms with Crippen molar-refractivity contribution in [1.29, 1.82) is 0 Å². The number of nitrogens with one attached hydrogen (secondary N) is 1. The van der Waals surface area contributed by atoms with Gasteiger partial charge in [0.2, 0.25) is 0 Å². The number of aliphatic hydroxyl groups excluding tert-OH is 1. The van der Waals surface area contributed by atoms with Crippen LogP contribution >= 0.6 is 27.5 Å². The highest BCUT2D eigenvalue weighted by Gasteiger charge is 2.12. The smallest absolute Gasteiger partial charge is 0.0456 e. The van der Waals surface area contributed by atoms with Gasteiger partial charge in [-0.3, -0.25) is 0 Å². The molecule has 0 spiro atoms. The average molecular weight is 336 g/mol. The lowest BCUT2D eigenvalue weighted by Gasteiger charge is -2.19. The SMILES string of the molecule is NCC(NCCCCCO)c1cc(Cl)ccc1Br. The third-order valence-corrected chi connectivity index (χ3v) is 3.75. The number of benzene rings is 1. The second-order valence-corrected chi connectivity index (χ2v) is 5.48. The zero-order valence-electron chi connectivity index (χ0n) is 10.3. The van der Waals surface area contributed by atoms with Gasteiger partial charge in [0.15, 0.2) is 0 Å². The van der Waals surface area contributed by atoms with E-state index in [1.807, 2.05) is 18.2 Å². The van der Waals surface area contributed by atoms with Crippen LogP contribution in [-0.2, 0) is 0 Å². The van der Waals surface area contributed by atoms with Crippen molar-refractivity contribution in [3.8, 4) is 0 Å². The van der Waals surface area contributed by atoms with Crippen LogP contribution in [0.5, 0.6) is 0 Å². The van der Waals surface area contributed by atoms with E-state index in [1.165, 1.54) is 0 Å². The van der Waals surface area contributed by atoms with Crippen LogP contribution in [-0.4, -0.2) is 24.8 Å². The van der Waals surface area contributed by atoms with E-state index in [0.717, 1.165) is 35.8 Å². The van der Waals surface area contributed by atoms with Gasteiger partial charge >= 0.3 is 0 Å². The highest BCUT2D eigenvalue weighted by molar-refractivity contribution is 9.10. The van der Waals surface area contributed by atoms with E-state index in [9.17, 15) is 0 Å². The van der Waals surface area contributed by atoms with Crippen LogP contribution < -0.4 is 11.1 Å². The third-order valence-electron chi connectivity index (χ3n) is 2.79. The summed E-state index contributed by atoms with van der Waals surface area (Å²) in [6, 6.07) is 5.83. The molecule has 1 unspecified atom stereocenters. The standard InChI is InChI=1S/C13H20BrClN2O/c14-12-5-4-10(15)8-11(12)13(9-16)17-6-2-1-3-7-18/h4-5,8,13,17-18H,1-3,6-7,9,16H2. The molecular weight excluding hydrogens is 316 g/mol. The van der Waals surface area contributed by atoms with Crippen LogP contribution in [0.3, 0.4) is 0 Å². The van der Waals surface area contributed by atoms with Gasteiger partial charge in [-0.2, -0.15) is 0 Å². The number of rotatable bonds is 8. The van der Waals surface area contributed by atoms with Crippen LogP contribution in [0.1, 0.15) is 30.9 Å². The van der Waals surface area contributed by atoms with Crippen molar-refractivity contribution in [3.63, 3.8) is 0 Å². The Balaban J connectivity index is 2.52. The van der Waals surface area contributed by atoms with Crippen molar-refractivity contribution >= 4 is 27.5 Å². The number of nitrogens with two attached hydrogens (primary N) is 1. The summed E-state index contributed by atoms with van der Waals surface area (Å²) in [5.74, 6) is 0. The van der Waals surface area contributed by atoms with Crippen LogP contribution in [0.25, 0.3) is 0 Å². The fraction of sp³-hybridized carbons (Fsp3) is 0.538. The second kappa shape index (κ2) is 8.88. The molecule has 102 valence electrons. The van der Waals surface area contributed by atoms with E-state index in [4.69, 9.17) is 22.4 Å². The summed E-state index contributed by atoms with van der Waals surface area (Å²) in [5.41, 5.74) is 6.89. The molecule has 0 heterocycles. The van der Waals surface area contributed by atoms with Crippen molar-refractivity contribution < 1.29 is 5.11 Å². The van der Waals surface area contributed by atoms with Gasteiger partial charge in [0.1, 0.15) is 0 Å². The number of hydrogen-bond acceptors (Lipinski definition) is 3. The minimum absolute atomic E-state index is 0.104. The number of hydrogen-bond donors (Lipinski definition) is 3. The average Bonchev–Trinajstić information content (AvgIpc) is 2.37. The summed E-state index contributed by atoms with van der Waals surface area (Å²) in [6.07, 6.45) is 2.92. The second-order valence-electron chi connectivity index (χ2n) is 4.19. The Kier molecular flexibility index (Phi) is 7.86. The molecule has 0 saturated carbocycles. The molecule has 1 atom stereocenters. The molecule has 3 nitrogen and oxygen atoms in total. The number of aliphatic hydroxyl groups is 1. The third kappa shape index (κ3) is 5.24. The van der Waals surface area contributed by atoms with E-state index >= 15 is 0 Å². The highest BCUT2D eigenvalue weighted by atomic mass is 79.9. The first kappa shape index (κ1) is 15.9. The maximum atomic E-state index is 8.70. The van der Waals surface area contributed by atoms with Gasteiger partial charge in [-0.15, -0.1) is 0 Å². The molecule has 5 heteroatoms. The zero-order valence-corrected chi connectivity index (χ0v) is 12.7. The highest BCUT2D eigenvalue weighted by Crippen LogP contribution is 2.26. The van der Waals surface area contributed by atoms with Gasteiger partial charge in [-0.05, 0) is 49.6 Å². The maximum Gasteiger partial charge on any atom is 0.0456 e. The lowest BCUT2D eigenvalue weighted by atomic mass is 10.1. The van der Waals surface area contributed by atoms with E-state index < -0.39 is 0 Å². The quantitative estimate of drug-likeness (QED) is 0.640. The fourth-order valence-corrected chi connectivity index (χ4v) is 2.50. The molecule has 0 fully saturated rings. The molecule has 4 N–H and O–H groups in total. The van der Waals surface area contributed by atoms with Gasteiger partial charge in [-0.1, -0.05) is 27.5 Å². The number of unbranched alkanes of at least 4 members (excludes halogenated alkanes) is 2. The van der Waals surface area contributed by atoms with Crippen LogP contribution in [0.2, 0.25) is 5.02 Å². The molecule has 0 bridgehead atoms. The Labute approximate surface area is 122 Å². The lowest BCUT2D eigenvalue weighted by Crippen LogP contribution is -2.29.